The van der Waals surface area contributed by atoms with Crippen LogP contribution in [0.4, 0.5) is 4.79 Å². The van der Waals surface area contributed by atoms with Gasteiger partial charge in [-0.2, -0.15) is 0 Å². The lowest BCUT2D eigenvalue weighted by atomic mass is 10.2. The molecule has 0 aliphatic rings. The topological polar surface area (TPSA) is 56.1 Å². The smallest absolute Gasteiger partial charge is 0.408 e. The third-order valence-electron chi connectivity index (χ3n) is 3.91. The number of benzene rings is 2. The number of alkyl carbamates (subject to hydrolysis) is 1. The number of amides is 1. The van der Waals surface area contributed by atoms with E-state index in [1.54, 1.807) is 0 Å². The predicted octanol–water partition coefficient (Wildman–Crippen LogP) is 4.62. The van der Waals surface area contributed by atoms with Crippen molar-refractivity contribution < 1.29 is 9.53 Å². The van der Waals surface area contributed by atoms with Gasteiger partial charge in [0, 0.05) is 18.3 Å². The molecule has 0 saturated heterocycles. The van der Waals surface area contributed by atoms with E-state index in [0.29, 0.717) is 13.1 Å². The van der Waals surface area contributed by atoms with Gasteiger partial charge in [-0.15, -0.1) is 0 Å². The fourth-order valence-electron chi connectivity index (χ4n) is 2.73. The highest BCUT2D eigenvalue weighted by molar-refractivity contribution is 5.67. The highest BCUT2D eigenvalue weighted by Gasteiger charge is 2.17. The lowest BCUT2D eigenvalue weighted by Gasteiger charge is -2.19. The summed E-state index contributed by atoms with van der Waals surface area (Å²) in [6, 6.07) is 20.2. The molecule has 5 nitrogen and oxygen atoms in total. The first-order valence-electron chi connectivity index (χ1n) is 9.03. The molecule has 0 radical (unpaired) electrons. The molecule has 1 N–H and O–H groups in total. The van der Waals surface area contributed by atoms with Crippen LogP contribution in [0.2, 0.25) is 0 Å². The SMILES string of the molecule is CC(C)(C)OC(=O)NCc1nc(-c2ccccc2)cn1Cc1ccccc1. The highest BCUT2D eigenvalue weighted by atomic mass is 16.6. The molecule has 0 aliphatic heterocycles. The van der Waals surface area contributed by atoms with E-state index in [9.17, 15) is 4.79 Å². The zero-order chi connectivity index (χ0) is 19.3. The molecular formula is C22H25N3O2. The Morgan fingerprint density at radius 3 is 2.30 bits per heavy atom. The molecule has 0 atom stereocenters. The van der Waals surface area contributed by atoms with Crippen LogP contribution in [0.25, 0.3) is 11.3 Å². The van der Waals surface area contributed by atoms with Crippen molar-refractivity contribution in [2.45, 2.75) is 39.5 Å². The first-order valence-corrected chi connectivity index (χ1v) is 9.03. The summed E-state index contributed by atoms with van der Waals surface area (Å²) < 4.78 is 7.39. The van der Waals surface area contributed by atoms with Gasteiger partial charge in [0.1, 0.15) is 11.4 Å². The van der Waals surface area contributed by atoms with Crippen LogP contribution in [0.3, 0.4) is 0 Å². The van der Waals surface area contributed by atoms with E-state index in [2.05, 4.69) is 22.0 Å². The maximum atomic E-state index is 12.0. The number of imidazole rings is 1. The molecule has 1 aromatic heterocycles. The fraction of sp³-hybridized carbons (Fsp3) is 0.273. The Bertz CT molecular complexity index is 881. The average Bonchev–Trinajstić information content (AvgIpc) is 3.03. The van der Waals surface area contributed by atoms with E-state index >= 15 is 0 Å². The van der Waals surface area contributed by atoms with Gasteiger partial charge in [-0.3, -0.25) is 0 Å². The minimum absolute atomic E-state index is 0.300. The van der Waals surface area contributed by atoms with Crippen molar-refractivity contribution in [2.75, 3.05) is 0 Å². The second kappa shape index (κ2) is 8.08. The molecule has 140 valence electrons. The van der Waals surface area contributed by atoms with Gasteiger partial charge in [0.2, 0.25) is 0 Å². The van der Waals surface area contributed by atoms with Crippen molar-refractivity contribution in [3.63, 3.8) is 0 Å². The Morgan fingerprint density at radius 2 is 1.67 bits per heavy atom. The van der Waals surface area contributed by atoms with Crippen LogP contribution < -0.4 is 5.32 Å². The Morgan fingerprint density at radius 1 is 1.04 bits per heavy atom. The van der Waals surface area contributed by atoms with E-state index < -0.39 is 11.7 Å². The number of hydrogen-bond donors (Lipinski definition) is 1. The molecule has 3 rings (SSSR count). The van der Waals surface area contributed by atoms with E-state index in [4.69, 9.17) is 9.72 Å². The predicted molar refractivity (Wildman–Crippen MR) is 106 cm³/mol. The highest BCUT2D eigenvalue weighted by Crippen LogP contribution is 2.19. The van der Waals surface area contributed by atoms with Crippen LogP contribution in [-0.2, 0) is 17.8 Å². The van der Waals surface area contributed by atoms with Crippen LogP contribution in [0.5, 0.6) is 0 Å². The second-order valence-corrected chi connectivity index (χ2v) is 7.38. The van der Waals surface area contributed by atoms with Gasteiger partial charge in [0.25, 0.3) is 0 Å². The number of ether oxygens (including phenoxy) is 1. The number of nitrogens with zero attached hydrogens (tertiary/aromatic N) is 2. The van der Waals surface area contributed by atoms with Gasteiger partial charge in [-0.05, 0) is 26.3 Å². The quantitative estimate of drug-likeness (QED) is 0.719. The van der Waals surface area contributed by atoms with E-state index in [1.165, 1.54) is 5.56 Å². The van der Waals surface area contributed by atoms with E-state index in [1.807, 2.05) is 75.5 Å². The first-order chi connectivity index (χ1) is 12.9. The summed E-state index contributed by atoms with van der Waals surface area (Å²) in [6.07, 6.45) is 1.58. The number of hydrogen-bond acceptors (Lipinski definition) is 3. The fourth-order valence-corrected chi connectivity index (χ4v) is 2.73. The van der Waals surface area contributed by atoms with Crippen LogP contribution in [0.1, 0.15) is 32.2 Å². The summed E-state index contributed by atoms with van der Waals surface area (Å²) in [7, 11) is 0. The van der Waals surface area contributed by atoms with Crippen molar-refractivity contribution >= 4 is 6.09 Å². The summed E-state index contributed by atoms with van der Waals surface area (Å²) in [4.78, 5) is 16.7. The largest absolute Gasteiger partial charge is 0.444 e. The van der Waals surface area contributed by atoms with Gasteiger partial charge in [-0.25, -0.2) is 9.78 Å². The lowest BCUT2D eigenvalue weighted by molar-refractivity contribution is 0.0521. The summed E-state index contributed by atoms with van der Waals surface area (Å²) in [5.74, 6) is 0.781. The van der Waals surface area contributed by atoms with Crippen LogP contribution in [0, 0.1) is 0 Å². The molecule has 0 fully saturated rings. The second-order valence-electron chi connectivity index (χ2n) is 7.38. The minimum Gasteiger partial charge on any atom is -0.444 e. The molecule has 2 aromatic carbocycles. The number of carbonyl (C=O) groups excluding carboxylic acids is 1. The Kier molecular flexibility index (Phi) is 5.60. The molecule has 0 saturated carbocycles. The normalized spacial score (nSPS) is 11.2. The molecule has 0 spiro atoms. The zero-order valence-electron chi connectivity index (χ0n) is 16.0. The van der Waals surface area contributed by atoms with Crippen molar-refractivity contribution in [1.82, 2.24) is 14.9 Å². The molecule has 1 amide bonds. The molecule has 0 bridgehead atoms. The first kappa shape index (κ1) is 18.7. The van der Waals surface area contributed by atoms with Crippen molar-refractivity contribution in [3.05, 3.63) is 78.2 Å². The Hall–Kier alpha value is -3.08. The van der Waals surface area contributed by atoms with Gasteiger partial charge in [0.05, 0.1) is 12.2 Å². The maximum Gasteiger partial charge on any atom is 0.408 e. The van der Waals surface area contributed by atoms with Gasteiger partial charge < -0.3 is 14.6 Å². The molecular weight excluding hydrogens is 338 g/mol. The van der Waals surface area contributed by atoms with Crippen molar-refractivity contribution in [3.8, 4) is 11.3 Å². The maximum absolute atomic E-state index is 12.0. The monoisotopic (exact) mass is 363 g/mol. The molecule has 0 unspecified atom stereocenters. The summed E-state index contributed by atoms with van der Waals surface area (Å²) in [5.41, 5.74) is 2.57. The number of rotatable bonds is 5. The summed E-state index contributed by atoms with van der Waals surface area (Å²) >= 11 is 0. The Balaban J connectivity index is 1.81. The number of nitrogens with one attached hydrogen (secondary N) is 1. The molecule has 0 aliphatic carbocycles. The van der Waals surface area contributed by atoms with Crippen molar-refractivity contribution in [1.29, 1.82) is 0 Å². The van der Waals surface area contributed by atoms with E-state index in [0.717, 1.165) is 17.1 Å². The van der Waals surface area contributed by atoms with Crippen LogP contribution >= 0.6 is 0 Å². The third-order valence-corrected chi connectivity index (χ3v) is 3.91. The number of carbonyl (C=O) groups is 1. The molecule has 5 heteroatoms. The summed E-state index contributed by atoms with van der Waals surface area (Å²) in [5, 5.41) is 2.80. The third kappa shape index (κ3) is 5.45. The minimum atomic E-state index is -0.529. The number of aromatic nitrogens is 2. The molecule has 1 heterocycles. The van der Waals surface area contributed by atoms with Gasteiger partial charge in [-0.1, -0.05) is 60.7 Å². The molecule has 27 heavy (non-hydrogen) atoms. The standard InChI is InChI=1S/C22H25N3O2/c1-22(2,3)27-21(26)23-14-20-24-19(18-12-8-5-9-13-18)16-25(20)15-17-10-6-4-7-11-17/h4-13,16H,14-15H2,1-3H3,(H,23,26). The average molecular weight is 363 g/mol. The lowest BCUT2D eigenvalue weighted by Crippen LogP contribution is -2.32. The van der Waals surface area contributed by atoms with Crippen LogP contribution in [-0.4, -0.2) is 21.2 Å². The molecule has 3 aromatic rings. The van der Waals surface area contributed by atoms with Gasteiger partial charge in [0.15, 0.2) is 0 Å². The van der Waals surface area contributed by atoms with Gasteiger partial charge >= 0.3 is 6.09 Å². The zero-order valence-corrected chi connectivity index (χ0v) is 16.0. The van der Waals surface area contributed by atoms with Crippen LogP contribution in [0.15, 0.2) is 66.9 Å². The van der Waals surface area contributed by atoms with E-state index in [-0.39, 0.29) is 0 Å². The van der Waals surface area contributed by atoms with Crippen molar-refractivity contribution in [2.24, 2.45) is 0 Å². The summed E-state index contributed by atoms with van der Waals surface area (Å²) in [6.45, 7) is 6.52. The Labute approximate surface area is 160 Å².